The zero-order chi connectivity index (χ0) is 18.8. The fraction of sp³-hybridized carbons (Fsp3) is 0.381. The van der Waals surface area contributed by atoms with Crippen LogP contribution in [0, 0.1) is 13.8 Å². The van der Waals surface area contributed by atoms with E-state index in [0.29, 0.717) is 4.88 Å². The van der Waals surface area contributed by atoms with Crippen molar-refractivity contribution in [1.82, 2.24) is 9.97 Å². The molecule has 0 amide bonds. The molecule has 1 aromatic carbocycles. The zero-order valence-corrected chi connectivity index (χ0v) is 16.4. The Morgan fingerprint density at radius 2 is 1.93 bits per heavy atom. The lowest BCUT2D eigenvalue weighted by molar-refractivity contribution is 0.0216. The Kier molecular flexibility index (Phi) is 5.07. The third kappa shape index (κ3) is 3.67. The highest BCUT2D eigenvalue weighted by Crippen LogP contribution is 2.35. The minimum absolute atomic E-state index is 0.0477. The molecule has 1 N–H and O–H groups in total. The summed E-state index contributed by atoms with van der Waals surface area (Å²) in [6.45, 7) is 4.00. The van der Waals surface area contributed by atoms with Crippen molar-refractivity contribution in [2.75, 3.05) is 5.32 Å². The maximum atomic E-state index is 12.7. The van der Waals surface area contributed by atoms with Gasteiger partial charge in [-0.15, -0.1) is 11.3 Å². The molecule has 0 spiro atoms. The first-order valence-corrected chi connectivity index (χ1v) is 10.2. The minimum atomic E-state index is -0.232. The fourth-order valence-electron chi connectivity index (χ4n) is 3.59. The number of anilines is 2. The number of rotatable bonds is 4. The van der Waals surface area contributed by atoms with Gasteiger partial charge >= 0.3 is 5.97 Å². The van der Waals surface area contributed by atoms with Crippen molar-refractivity contribution in [2.24, 2.45) is 0 Å². The van der Waals surface area contributed by atoms with Gasteiger partial charge in [-0.25, -0.2) is 14.8 Å². The Balaban J connectivity index is 1.65. The topological polar surface area (TPSA) is 64.1 Å². The zero-order valence-electron chi connectivity index (χ0n) is 15.6. The number of aryl methyl sites for hydroxylation is 2. The van der Waals surface area contributed by atoms with Crippen LogP contribution in [-0.2, 0) is 4.74 Å². The van der Waals surface area contributed by atoms with Gasteiger partial charge in [0.25, 0.3) is 0 Å². The standard InChI is InChI=1S/C21H23N3O2S/c1-13-8-6-7-11-16(13)24-19-17-14(2)18(27-20(17)23-12-22-19)21(25)26-15-9-4-3-5-10-15/h6-8,11-12,15H,3-5,9-10H2,1-2H3,(H,22,23,24). The van der Waals surface area contributed by atoms with Crippen molar-refractivity contribution in [3.63, 3.8) is 0 Å². The second-order valence-corrected chi connectivity index (χ2v) is 8.06. The van der Waals surface area contributed by atoms with Crippen LogP contribution in [0.4, 0.5) is 11.5 Å². The molecule has 2 heterocycles. The van der Waals surface area contributed by atoms with Crippen LogP contribution in [0.25, 0.3) is 10.2 Å². The van der Waals surface area contributed by atoms with E-state index in [1.165, 1.54) is 24.1 Å². The number of carbonyl (C=O) groups is 1. The Hall–Kier alpha value is -2.47. The first-order valence-electron chi connectivity index (χ1n) is 9.41. The average molecular weight is 382 g/mol. The summed E-state index contributed by atoms with van der Waals surface area (Å²) in [7, 11) is 0. The molecule has 1 aliphatic rings. The number of hydrogen-bond donors (Lipinski definition) is 1. The first kappa shape index (κ1) is 17.9. The van der Waals surface area contributed by atoms with E-state index in [0.717, 1.165) is 58.5 Å². The molecule has 3 aromatic rings. The summed E-state index contributed by atoms with van der Waals surface area (Å²) < 4.78 is 5.77. The van der Waals surface area contributed by atoms with E-state index in [4.69, 9.17) is 4.74 Å². The number of carbonyl (C=O) groups excluding carboxylic acids is 1. The predicted octanol–water partition coefficient (Wildman–Crippen LogP) is 5.54. The number of aromatic nitrogens is 2. The molecule has 0 bridgehead atoms. The number of ether oxygens (including phenoxy) is 1. The van der Waals surface area contributed by atoms with Crippen molar-refractivity contribution in [2.45, 2.75) is 52.1 Å². The Morgan fingerprint density at radius 3 is 2.70 bits per heavy atom. The van der Waals surface area contributed by atoms with E-state index in [1.54, 1.807) is 0 Å². The lowest BCUT2D eigenvalue weighted by atomic mass is 9.98. The molecule has 27 heavy (non-hydrogen) atoms. The monoisotopic (exact) mass is 381 g/mol. The number of esters is 1. The van der Waals surface area contributed by atoms with E-state index in [-0.39, 0.29) is 12.1 Å². The number of nitrogens with zero attached hydrogens (tertiary/aromatic N) is 2. The van der Waals surface area contributed by atoms with Crippen molar-refractivity contribution >= 4 is 39.0 Å². The number of hydrogen-bond acceptors (Lipinski definition) is 6. The molecular weight excluding hydrogens is 358 g/mol. The van der Waals surface area contributed by atoms with Gasteiger partial charge in [-0.2, -0.15) is 0 Å². The van der Waals surface area contributed by atoms with E-state index < -0.39 is 0 Å². The van der Waals surface area contributed by atoms with Gasteiger partial charge < -0.3 is 10.1 Å². The predicted molar refractivity (Wildman–Crippen MR) is 109 cm³/mol. The van der Waals surface area contributed by atoms with E-state index >= 15 is 0 Å². The highest BCUT2D eigenvalue weighted by atomic mass is 32.1. The average Bonchev–Trinajstić information content (AvgIpc) is 3.02. The van der Waals surface area contributed by atoms with Crippen molar-refractivity contribution in [1.29, 1.82) is 0 Å². The second kappa shape index (κ2) is 7.64. The molecule has 1 fully saturated rings. The highest BCUT2D eigenvalue weighted by Gasteiger charge is 2.24. The van der Waals surface area contributed by atoms with Gasteiger partial charge in [0.15, 0.2) is 0 Å². The largest absolute Gasteiger partial charge is 0.458 e. The van der Waals surface area contributed by atoms with Gasteiger partial charge in [-0.3, -0.25) is 0 Å². The summed E-state index contributed by atoms with van der Waals surface area (Å²) in [6, 6.07) is 8.06. The van der Waals surface area contributed by atoms with Crippen LogP contribution in [0.1, 0.15) is 52.9 Å². The molecule has 0 aliphatic heterocycles. The molecule has 2 aromatic heterocycles. The first-order chi connectivity index (χ1) is 13.1. The number of nitrogens with one attached hydrogen (secondary N) is 1. The summed E-state index contributed by atoms with van der Waals surface area (Å²) in [4.78, 5) is 23.0. The van der Waals surface area contributed by atoms with Crippen LogP contribution in [0.5, 0.6) is 0 Å². The van der Waals surface area contributed by atoms with Gasteiger partial charge in [0.05, 0.1) is 5.39 Å². The van der Waals surface area contributed by atoms with Gasteiger partial charge in [0.2, 0.25) is 0 Å². The summed E-state index contributed by atoms with van der Waals surface area (Å²) >= 11 is 1.38. The Labute approximate surface area is 162 Å². The van der Waals surface area contributed by atoms with Crippen LogP contribution in [0.2, 0.25) is 0 Å². The molecule has 4 rings (SSSR count). The molecule has 0 radical (unpaired) electrons. The summed E-state index contributed by atoms with van der Waals surface area (Å²) in [5, 5.41) is 4.28. The SMILES string of the molecule is Cc1ccccc1Nc1ncnc2sc(C(=O)OC3CCCCC3)c(C)c12. The van der Waals surface area contributed by atoms with Gasteiger partial charge in [-0.1, -0.05) is 24.6 Å². The highest BCUT2D eigenvalue weighted by molar-refractivity contribution is 7.20. The molecule has 140 valence electrons. The summed E-state index contributed by atoms with van der Waals surface area (Å²) in [5.74, 6) is 0.490. The van der Waals surface area contributed by atoms with Crippen molar-refractivity contribution in [3.8, 4) is 0 Å². The third-order valence-electron chi connectivity index (χ3n) is 5.14. The Morgan fingerprint density at radius 1 is 1.15 bits per heavy atom. The Bertz CT molecular complexity index is 977. The minimum Gasteiger partial charge on any atom is -0.458 e. The van der Waals surface area contributed by atoms with Crippen LogP contribution >= 0.6 is 11.3 Å². The molecule has 1 saturated carbocycles. The maximum Gasteiger partial charge on any atom is 0.348 e. The van der Waals surface area contributed by atoms with E-state index in [9.17, 15) is 4.79 Å². The van der Waals surface area contributed by atoms with Crippen LogP contribution in [-0.4, -0.2) is 22.0 Å². The third-order valence-corrected chi connectivity index (χ3v) is 6.32. The van der Waals surface area contributed by atoms with E-state index in [2.05, 4.69) is 15.3 Å². The van der Waals surface area contributed by atoms with Gasteiger partial charge in [-0.05, 0) is 56.7 Å². The van der Waals surface area contributed by atoms with Gasteiger partial charge in [0.1, 0.15) is 28.0 Å². The van der Waals surface area contributed by atoms with E-state index in [1.807, 2.05) is 38.1 Å². The summed E-state index contributed by atoms with van der Waals surface area (Å²) in [5.41, 5.74) is 3.01. The normalized spacial score (nSPS) is 15.0. The molecular formula is C21H23N3O2S. The smallest absolute Gasteiger partial charge is 0.348 e. The molecule has 0 saturated heterocycles. The summed E-state index contributed by atoms with van der Waals surface area (Å²) in [6.07, 6.45) is 7.03. The fourth-order valence-corrected chi connectivity index (χ4v) is 4.62. The van der Waals surface area contributed by atoms with Crippen LogP contribution in [0.15, 0.2) is 30.6 Å². The molecule has 5 nitrogen and oxygen atoms in total. The number of thiophene rings is 1. The van der Waals surface area contributed by atoms with Crippen molar-refractivity contribution in [3.05, 3.63) is 46.6 Å². The lowest BCUT2D eigenvalue weighted by Crippen LogP contribution is -2.20. The molecule has 0 atom stereocenters. The van der Waals surface area contributed by atoms with Crippen LogP contribution in [0.3, 0.4) is 0 Å². The number of fused-ring (bicyclic) bond motifs is 1. The quantitative estimate of drug-likeness (QED) is 0.601. The number of para-hydroxylation sites is 1. The second-order valence-electron chi connectivity index (χ2n) is 7.06. The number of benzene rings is 1. The molecule has 1 aliphatic carbocycles. The van der Waals surface area contributed by atoms with Crippen LogP contribution < -0.4 is 5.32 Å². The van der Waals surface area contributed by atoms with Crippen molar-refractivity contribution < 1.29 is 9.53 Å². The molecule has 6 heteroatoms. The lowest BCUT2D eigenvalue weighted by Gasteiger charge is -2.21. The molecule has 0 unspecified atom stereocenters. The van der Waals surface area contributed by atoms with Gasteiger partial charge in [0, 0.05) is 5.69 Å². The maximum absolute atomic E-state index is 12.7.